The van der Waals surface area contributed by atoms with Crippen LogP contribution in [0, 0.1) is 16.7 Å². The molecule has 3 unspecified atom stereocenters. The Balaban J connectivity index is 1.67. The molecule has 2 aromatic rings. The lowest BCUT2D eigenvalue weighted by Crippen LogP contribution is -2.50. The molecule has 2 heterocycles. The Bertz CT molecular complexity index is 876. The lowest BCUT2D eigenvalue weighted by atomic mass is 9.79. The minimum atomic E-state index is -0.651. The van der Waals surface area contributed by atoms with Gasteiger partial charge in [0.15, 0.2) is 5.78 Å². The van der Waals surface area contributed by atoms with E-state index in [1.54, 1.807) is 0 Å². The molecule has 0 radical (unpaired) electrons. The van der Waals surface area contributed by atoms with Crippen molar-refractivity contribution in [1.29, 1.82) is 5.26 Å². The van der Waals surface area contributed by atoms with Crippen LogP contribution in [0.15, 0.2) is 60.7 Å². The van der Waals surface area contributed by atoms with Gasteiger partial charge in [0, 0.05) is 25.2 Å². The second-order valence-electron chi connectivity index (χ2n) is 8.20. The Morgan fingerprint density at radius 2 is 1.70 bits per heavy atom. The molecule has 0 aromatic heterocycles. The van der Waals surface area contributed by atoms with E-state index in [4.69, 9.17) is 0 Å². The number of rotatable bonds is 4. The molecule has 0 spiro atoms. The van der Waals surface area contributed by atoms with Crippen molar-refractivity contribution in [3.8, 4) is 6.07 Å². The fraction of sp³-hybridized carbons (Fsp3) is 0.391. The Morgan fingerprint density at radius 1 is 1.07 bits per heavy atom. The smallest absolute Gasteiger partial charge is 0.182 e. The first-order valence-electron chi connectivity index (χ1n) is 9.54. The zero-order valence-electron chi connectivity index (χ0n) is 15.9. The third-order valence-corrected chi connectivity index (χ3v) is 6.19. The largest absolute Gasteiger partial charge is 0.292 e. The van der Waals surface area contributed by atoms with Gasteiger partial charge in [0.2, 0.25) is 0 Å². The molecule has 0 saturated carbocycles. The summed E-state index contributed by atoms with van der Waals surface area (Å²) in [6, 6.07) is 22.4. The maximum Gasteiger partial charge on any atom is 0.182 e. The molecular formula is C23H25N3O. The van der Waals surface area contributed by atoms with Gasteiger partial charge in [-0.25, -0.2) is 0 Å². The third-order valence-electron chi connectivity index (χ3n) is 6.19. The van der Waals surface area contributed by atoms with E-state index in [-0.39, 0.29) is 11.9 Å². The van der Waals surface area contributed by atoms with E-state index >= 15 is 0 Å². The maximum absolute atomic E-state index is 13.4. The topological polar surface area (TPSA) is 47.3 Å². The van der Waals surface area contributed by atoms with Crippen molar-refractivity contribution in [1.82, 2.24) is 9.80 Å². The SMILES string of the molecule is CC1(C#N)CC(C)(C(=O)c2ccccc2)N2CCN(Cc3ccccc3)C21. The first-order chi connectivity index (χ1) is 13.0. The predicted octanol–water partition coefficient (Wildman–Crippen LogP) is 3.71. The number of Topliss-reactive ketones (excluding diaryl/α,β-unsaturated/α-hetero) is 1. The minimum Gasteiger partial charge on any atom is -0.292 e. The number of hydrogen-bond donors (Lipinski definition) is 0. The van der Waals surface area contributed by atoms with Crippen molar-refractivity contribution < 1.29 is 4.79 Å². The van der Waals surface area contributed by atoms with Gasteiger partial charge >= 0.3 is 0 Å². The molecule has 2 aliphatic rings. The second kappa shape index (κ2) is 6.60. The molecule has 4 nitrogen and oxygen atoms in total. The summed E-state index contributed by atoms with van der Waals surface area (Å²) >= 11 is 0. The van der Waals surface area contributed by atoms with Gasteiger partial charge in [0.05, 0.1) is 23.2 Å². The van der Waals surface area contributed by atoms with E-state index in [0.29, 0.717) is 6.42 Å². The van der Waals surface area contributed by atoms with Gasteiger partial charge in [-0.05, 0) is 25.8 Å². The summed E-state index contributed by atoms with van der Waals surface area (Å²) in [5.41, 5.74) is 0.733. The van der Waals surface area contributed by atoms with E-state index in [2.05, 4.69) is 28.0 Å². The van der Waals surface area contributed by atoms with E-state index in [1.807, 2.05) is 62.4 Å². The molecule has 2 aromatic carbocycles. The highest BCUT2D eigenvalue weighted by atomic mass is 16.1. The van der Waals surface area contributed by atoms with Crippen LogP contribution in [0.1, 0.15) is 36.2 Å². The highest BCUT2D eigenvalue weighted by molar-refractivity contribution is 6.03. The summed E-state index contributed by atoms with van der Waals surface area (Å²) in [7, 11) is 0. The fourth-order valence-corrected chi connectivity index (χ4v) is 5.04. The molecule has 0 bridgehead atoms. The van der Waals surface area contributed by atoms with E-state index < -0.39 is 11.0 Å². The molecule has 2 saturated heterocycles. The van der Waals surface area contributed by atoms with Crippen LogP contribution in [0.5, 0.6) is 0 Å². The van der Waals surface area contributed by atoms with E-state index in [0.717, 1.165) is 25.2 Å². The number of hydrogen-bond acceptors (Lipinski definition) is 4. The average molecular weight is 359 g/mol. The van der Waals surface area contributed by atoms with Crippen LogP contribution in [-0.2, 0) is 6.54 Å². The zero-order valence-corrected chi connectivity index (χ0v) is 15.9. The van der Waals surface area contributed by atoms with Crippen LogP contribution in [0.2, 0.25) is 0 Å². The molecular weight excluding hydrogens is 334 g/mol. The monoisotopic (exact) mass is 359 g/mol. The van der Waals surface area contributed by atoms with E-state index in [9.17, 15) is 10.1 Å². The van der Waals surface area contributed by atoms with Crippen LogP contribution in [-0.4, -0.2) is 40.4 Å². The number of nitriles is 1. The maximum atomic E-state index is 13.4. The van der Waals surface area contributed by atoms with Crippen LogP contribution >= 0.6 is 0 Å². The molecule has 2 aliphatic heterocycles. The molecule has 2 fully saturated rings. The van der Waals surface area contributed by atoms with Crippen molar-refractivity contribution in [3.05, 3.63) is 71.8 Å². The molecule has 138 valence electrons. The van der Waals surface area contributed by atoms with Gasteiger partial charge in [0.25, 0.3) is 0 Å². The molecule has 0 amide bonds. The number of ketones is 1. The Morgan fingerprint density at radius 3 is 2.33 bits per heavy atom. The van der Waals surface area contributed by atoms with Crippen molar-refractivity contribution in [3.63, 3.8) is 0 Å². The summed E-state index contributed by atoms with van der Waals surface area (Å²) < 4.78 is 0. The van der Waals surface area contributed by atoms with Gasteiger partial charge in [0.1, 0.15) is 0 Å². The number of fused-ring (bicyclic) bond motifs is 1. The summed E-state index contributed by atoms with van der Waals surface area (Å²) in [5, 5.41) is 10.0. The van der Waals surface area contributed by atoms with Gasteiger partial charge in [-0.2, -0.15) is 5.26 Å². The molecule has 27 heavy (non-hydrogen) atoms. The van der Waals surface area contributed by atoms with Gasteiger partial charge < -0.3 is 0 Å². The number of carbonyl (C=O) groups excluding carboxylic acids is 1. The summed E-state index contributed by atoms with van der Waals surface area (Å²) in [5.74, 6) is 0.119. The van der Waals surface area contributed by atoms with Crippen LogP contribution in [0.4, 0.5) is 0 Å². The second-order valence-corrected chi connectivity index (χ2v) is 8.20. The first kappa shape index (κ1) is 17.9. The highest BCUT2D eigenvalue weighted by Gasteiger charge is 2.62. The third kappa shape index (κ3) is 2.88. The van der Waals surface area contributed by atoms with Crippen LogP contribution < -0.4 is 0 Å². The van der Waals surface area contributed by atoms with Crippen molar-refractivity contribution >= 4 is 5.78 Å². The lowest BCUT2D eigenvalue weighted by molar-refractivity contribution is 0.0558. The number of benzene rings is 2. The molecule has 0 aliphatic carbocycles. The van der Waals surface area contributed by atoms with Crippen LogP contribution in [0.3, 0.4) is 0 Å². The minimum absolute atomic E-state index is 0.0413. The van der Waals surface area contributed by atoms with Gasteiger partial charge in [-0.15, -0.1) is 0 Å². The van der Waals surface area contributed by atoms with Crippen LogP contribution in [0.25, 0.3) is 0 Å². The molecule has 0 N–H and O–H groups in total. The highest BCUT2D eigenvalue weighted by Crippen LogP contribution is 2.51. The van der Waals surface area contributed by atoms with E-state index in [1.165, 1.54) is 5.56 Å². The Labute approximate surface area is 161 Å². The van der Waals surface area contributed by atoms with Gasteiger partial charge in [-0.1, -0.05) is 60.7 Å². The zero-order chi connectivity index (χ0) is 19.1. The number of nitrogens with zero attached hydrogens (tertiary/aromatic N) is 3. The Hall–Kier alpha value is -2.48. The predicted molar refractivity (Wildman–Crippen MR) is 105 cm³/mol. The van der Waals surface area contributed by atoms with Crippen molar-refractivity contribution in [2.24, 2.45) is 5.41 Å². The lowest BCUT2D eigenvalue weighted by Gasteiger charge is -2.35. The molecule has 4 heteroatoms. The summed E-state index contributed by atoms with van der Waals surface area (Å²) in [6.45, 7) is 6.51. The quantitative estimate of drug-likeness (QED) is 0.781. The first-order valence-corrected chi connectivity index (χ1v) is 9.54. The Kier molecular flexibility index (Phi) is 4.38. The molecule has 3 atom stereocenters. The summed E-state index contributed by atoms with van der Waals surface area (Å²) in [6.07, 6.45) is 0.514. The summed E-state index contributed by atoms with van der Waals surface area (Å²) in [4.78, 5) is 18.0. The normalized spacial score (nSPS) is 30.8. The standard InChI is InChI=1S/C23H25N3O/c1-22(17-24)16-23(2,20(27)19-11-7-4-8-12-19)26-14-13-25(21(22)26)15-18-9-5-3-6-10-18/h3-12,21H,13-16H2,1-2H3. The van der Waals surface area contributed by atoms with Crippen molar-refractivity contribution in [2.45, 2.75) is 38.5 Å². The molecule has 4 rings (SSSR count). The van der Waals surface area contributed by atoms with Crippen molar-refractivity contribution in [2.75, 3.05) is 13.1 Å². The van der Waals surface area contributed by atoms with Gasteiger partial charge in [-0.3, -0.25) is 14.6 Å². The number of carbonyl (C=O) groups is 1. The average Bonchev–Trinajstić information content (AvgIpc) is 3.23. The fourth-order valence-electron chi connectivity index (χ4n) is 5.04.